The first-order chi connectivity index (χ1) is 8.50. The van der Waals surface area contributed by atoms with E-state index in [1.807, 2.05) is 18.2 Å². The molecule has 2 aromatic rings. The van der Waals surface area contributed by atoms with Crippen LogP contribution < -0.4 is 5.73 Å². The molecule has 1 atom stereocenters. The van der Waals surface area contributed by atoms with Gasteiger partial charge in [-0.2, -0.15) is 0 Å². The standard InChI is InChI=1S/C15H15Cl2N/c1-9-4-3-5-10(2)14(9)15(18)11-6-7-12(16)13(17)8-11/h3-8,15H,18H2,1-2H3. The molecule has 0 bridgehead atoms. The van der Waals surface area contributed by atoms with Crippen LogP contribution in [-0.4, -0.2) is 0 Å². The highest BCUT2D eigenvalue weighted by Gasteiger charge is 2.14. The second-order valence-electron chi connectivity index (χ2n) is 4.46. The molecule has 0 saturated heterocycles. The molecular weight excluding hydrogens is 265 g/mol. The van der Waals surface area contributed by atoms with Gasteiger partial charge in [0.2, 0.25) is 0 Å². The summed E-state index contributed by atoms with van der Waals surface area (Å²) < 4.78 is 0. The quantitative estimate of drug-likeness (QED) is 0.850. The van der Waals surface area contributed by atoms with Gasteiger partial charge >= 0.3 is 0 Å². The Morgan fingerprint density at radius 3 is 2.11 bits per heavy atom. The van der Waals surface area contributed by atoms with Gasteiger partial charge in [0, 0.05) is 0 Å². The molecule has 0 spiro atoms. The normalized spacial score (nSPS) is 12.5. The fourth-order valence-corrected chi connectivity index (χ4v) is 2.50. The van der Waals surface area contributed by atoms with Crippen molar-refractivity contribution in [3.8, 4) is 0 Å². The molecule has 1 unspecified atom stereocenters. The monoisotopic (exact) mass is 279 g/mol. The van der Waals surface area contributed by atoms with Crippen LogP contribution in [0.1, 0.15) is 28.3 Å². The van der Waals surface area contributed by atoms with Crippen molar-refractivity contribution in [3.63, 3.8) is 0 Å². The molecule has 94 valence electrons. The number of halogens is 2. The molecule has 1 nitrogen and oxygen atoms in total. The molecule has 0 fully saturated rings. The van der Waals surface area contributed by atoms with Crippen molar-refractivity contribution < 1.29 is 0 Å². The Morgan fingerprint density at radius 2 is 1.56 bits per heavy atom. The predicted octanol–water partition coefficient (Wildman–Crippen LogP) is 4.66. The van der Waals surface area contributed by atoms with Crippen LogP contribution in [0.3, 0.4) is 0 Å². The van der Waals surface area contributed by atoms with E-state index in [0.29, 0.717) is 10.0 Å². The highest BCUT2D eigenvalue weighted by molar-refractivity contribution is 6.42. The van der Waals surface area contributed by atoms with Crippen LogP contribution in [0.5, 0.6) is 0 Å². The summed E-state index contributed by atoms with van der Waals surface area (Å²) in [4.78, 5) is 0. The largest absolute Gasteiger partial charge is 0.320 e. The Bertz CT molecular complexity index is 558. The summed E-state index contributed by atoms with van der Waals surface area (Å²) in [7, 11) is 0. The minimum Gasteiger partial charge on any atom is -0.320 e. The van der Waals surface area contributed by atoms with E-state index < -0.39 is 0 Å². The lowest BCUT2D eigenvalue weighted by Gasteiger charge is -2.18. The SMILES string of the molecule is Cc1cccc(C)c1C(N)c1ccc(Cl)c(Cl)c1. The van der Waals surface area contributed by atoms with Crippen molar-refractivity contribution in [2.45, 2.75) is 19.9 Å². The van der Waals surface area contributed by atoms with Crippen molar-refractivity contribution in [2.24, 2.45) is 5.73 Å². The first kappa shape index (κ1) is 13.4. The molecule has 2 aromatic carbocycles. The zero-order valence-corrected chi connectivity index (χ0v) is 11.9. The number of nitrogens with two attached hydrogens (primary N) is 1. The van der Waals surface area contributed by atoms with E-state index in [1.54, 1.807) is 6.07 Å². The smallest absolute Gasteiger partial charge is 0.0595 e. The molecule has 2 N–H and O–H groups in total. The third-order valence-corrected chi connectivity index (χ3v) is 3.89. The zero-order valence-electron chi connectivity index (χ0n) is 10.4. The number of benzene rings is 2. The zero-order chi connectivity index (χ0) is 13.3. The fraction of sp³-hybridized carbons (Fsp3) is 0.200. The van der Waals surface area contributed by atoms with Crippen LogP contribution in [0, 0.1) is 13.8 Å². The van der Waals surface area contributed by atoms with E-state index in [1.165, 1.54) is 11.1 Å². The van der Waals surface area contributed by atoms with E-state index in [9.17, 15) is 0 Å². The lowest BCUT2D eigenvalue weighted by Crippen LogP contribution is -2.14. The van der Waals surface area contributed by atoms with Crippen LogP contribution in [-0.2, 0) is 0 Å². The maximum absolute atomic E-state index is 6.34. The molecule has 2 rings (SSSR count). The molecule has 18 heavy (non-hydrogen) atoms. The van der Waals surface area contributed by atoms with Gasteiger partial charge < -0.3 is 5.73 Å². The topological polar surface area (TPSA) is 26.0 Å². The van der Waals surface area contributed by atoms with Crippen molar-refractivity contribution in [1.82, 2.24) is 0 Å². The van der Waals surface area contributed by atoms with Gasteiger partial charge in [-0.25, -0.2) is 0 Å². The summed E-state index contributed by atoms with van der Waals surface area (Å²) in [5, 5.41) is 1.09. The van der Waals surface area contributed by atoms with Gasteiger partial charge in [-0.3, -0.25) is 0 Å². The molecule has 0 aliphatic carbocycles. The minimum atomic E-state index is -0.180. The van der Waals surface area contributed by atoms with Gasteiger partial charge in [0.25, 0.3) is 0 Å². The highest BCUT2D eigenvalue weighted by Crippen LogP contribution is 2.30. The van der Waals surface area contributed by atoms with Gasteiger partial charge in [0.1, 0.15) is 0 Å². The third-order valence-electron chi connectivity index (χ3n) is 3.16. The number of aryl methyl sites for hydroxylation is 2. The summed E-state index contributed by atoms with van der Waals surface area (Å²) in [6.07, 6.45) is 0. The molecule has 0 aliphatic heterocycles. The van der Waals surface area contributed by atoms with Crippen LogP contribution in [0.25, 0.3) is 0 Å². The van der Waals surface area contributed by atoms with Crippen molar-refractivity contribution >= 4 is 23.2 Å². The summed E-state index contributed by atoms with van der Waals surface area (Å²) in [6.45, 7) is 4.14. The molecule has 0 aromatic heterocycles. The Balaban J connectivity index is 2.48. The van der Waals surface area contributed by atoms with Gasteiger partial charge in [-0.1, -0.05) is 47.5 Å². The first-order valence-corrected chi connectivity index (χ1v) is 6.53. The van der Waals surface area contributed by atoms with Crippen molar-refractivity contribution in [3.05, 3.63) is 68.7 Å². The third kappa shape index (κ3) is 2.54. The molecule has 0 aliphatic rings. The van der Waals surface area contributed by atoms with E-state index in [2.05, 4.69) is 26.0 Å². The van der Waals surface area contributed by atoms with Crippen LogP contribution in [0.15, 0.2) is 36.4 Å². The average Bonchev–Trinajstić information content (AvgIpc) is 2.32. The van der Waals surface area contributed by atoms with Gasteiger partial charge in [-0.15, -0.1) is 0 Å². The maximum atomic E-state index is 6.34. The number of hydrogen-bond donors (Lipinski definition) is 1. The molecular formula is C15H15Cl2N. The summed E-state index contributed by atoms with van der Waals surface area (Å²) >= 11 is 12.0. The lowest BCUT2D eigenvalue weighted by atomic mass is 9.92. The minimum absolute atomic E-state index is 0.180. The van der Waals surface area contributed by atoms with Crippen molar-refractivity contribution in [2.75, 3.05) is 0 Å². The maximum Gasteiger partial charge on any atom is 0.0595 e. The molecule has 0 amide bonds. The predicted molar refractivity (Wildman–Crippen MR) is 78.4 cm³/mol. The van der Waals surface area contributed by atoms with E-state index >= 15 is 0 Å². The molecule has 3 heteroatoms. The highest BCUT2D eigenvalue weighted by atomic mass is 35.5. The van der Waals surface area contributed by atoms with Crippen LogP contribution in [0.2, 0.25) is 10.0 Å². The molecule has 0 saturated carbocycles. The van der Waals surface area contributed by atoms with Crippen LogP contribution >= 0.6 is 23.2 Å². The summed E-state index contributed by atoms with van der Waals surface area (Å²) in [5.41, 5.74) is 10.8. The Kier molecular flexibility index (Phi) is 3.96. The Morgan fingerprint density at radius 1 is 0.944 bits per heavy atom. The lowest BCUT2D eigenvalue weighted by molar-refractivity contribution is 0.851. The Hall–Kier alpha value is -1.02. The molecule has 0 heterocycles. The summed E-state index contributed by atoms with van der Waals surface area (Å²) in [5.74, 6) is 0. The van der Waals surface area contributed by atoms with Gasteiger partial charge in [-0.05, 0) is 48.2 Å². The van der Waals surface area contributed by atoms with Gasteiger partial charge in [0.05, 0.1) is 16.1 Å². The second-order valence-corrected chi connectivity index (χ2v) is 5.27. The van der Waals surface area contributed by atoms with E-state index in [-0.39, 0.29) is 6.04 Å². The number of rotatable bonds is 2. The van der Waals surface area contributed by atoms with E-state index in [4.69, 9.17) is 28.9 Å². The molecule has 0 radical (unpaired) electrons. The van der Waals surface area contributed by atoms with Gasteiger partial charge in [0.15, 0.2) is 0 Å². The van der Waals surface area contributed by atoms with Crippen molar-refractivity contribution in [1.29, 1.82) is 0 Å². The van der Waals surface area contributed by atoms with E-state index in [0.717, 1.165) is 11.1 Å². The van der Waals surface area contributed by atoms with Crippen LogP contribution in [0.4, 0.5) is 0 Å². The fourth-order valence-electron chi connectivity index (χ4n) is 2.19. The Labute approximate surface area is 118 Å². The second kappa shape index (κ2) is 5.31. The summed E-state index contributed by atoms with van der Waals surface area (Å²) in [6, 6.07) is 11.5. The average molecular weight is 280 g/mol. The number of hydrogen-bond acceptors (Lipinski definition) is 1. The first-order valence-electron chi connectivity index (χ1n) is 5.77.